The van der Waals surface area contributed by atoms with Crippen LogP contribution in [0.15, 0.2) is 18.2 Å². The molecule has 0 spiro atoms. The van der Waals surface area contributed by atoms with E-state index >= 15 is 0 Å². The van der Waals surface area contributed by atoms with Crippen LogP contribution in [0, 0.1) is 6.92 Å². The summed E-state index contributed by atoms with van der Waals surface area (Å²) in [6.45, 7) is 10.7. The Morgan fingerprint density at radius 1 is 1.38 bits per heavy atom. The van der Waals surface area contributed by atoms with Crippen LogP contribution >= 0.6 is 0 Å². The van der Waals surface area contributed by atoms with E-state index in [0.717, 1.165) is 6.54 Å². The molecule has 0 radical (unpaired) electrons. The SMILES string of the molecule is Cc1cccc2c1CN(C(C)(C)C)C2CN. The highest BCUT2D eigenvalue weighted by Gasteiger charge is 2.36. The van der Waals surface area contributed by atoms with Crippen molar-refractivity contribution < 1.29 is 0 Å². The van der Waals surface area contributed by atoms with E-state index in [1.54, 1.807) is 0 Å². The van der Waals surface area contributed by atoms with E-state index in [4.69, 9.17) is 5.73 Å². The van der Waals surface area contributed by atoms with Crippen LogP contribution in [0.5, 0.6) is 0 Å². The lowest BCUT2D eigenvalue weighted by atomic mass is 10.00. The van der Waals surface area contributed by atoms with Gasteiger partial charge in [0, 0.05) is 24.7 Å². The van der Waals surface area contributed by atoms with Crippen molar-refractivity contribution in [1.82, 2.24) is 4.90 Å². The maximum Gasteiger partial charge on any atom is 0.0482 e. The summed E-state index contributed by atoms with van der Waals surface area (Å²) in [5, 5.41) is 0. The first-order valence-electron chi connectivity index (χ1n) is 6.00. The van der Waals surface area contributed by atoms with Gasteiger partial charge in [-0.3, -0.25) is 4.90 Å². The second-order valence-electron chi connectivity index (χ2n) is 5.69. The molecule has 1 aromatic rings. The lowest BCUT2D eigenvalue weighted by molar-refractivity contribution is 0.0948. The molecule has 1 atom stereocenters. The van der Waals surface area contributed by atoms with Gasteiger partial charge >= 0.3 is 0 Å². The van der Waals surface area contributed by atoms with Gasteiger partial charge in [0.25, 0.3) is 0 Å². The number of nitrogens with zero attached hydrogens (tertiary/aromatic N) is 1. The second-order valence-corrected chi connectivity index (χ2v) is 5.69. The molecule has 0 saturated heterocycles. The number of fused-ring (bicyclic) bond motifs is 1. The quantitative estimate of drug-likeness (QED) is 0.785. The molecule has 1 aromatic carbocycles. The molecule has 16 heavy (non-hydrogen) atoms. The maximum atomic E-state index is 5.94. The normalized spacial score (nSPS) is 21.2. The Kier molecular flexibility index (Phi) is 2.81. The predicted molar refractivity (Wildman–Crippen MR) is 68.3 cm³/mol. The third-order valence-electron chi connectivity index (χ3n) is 3.60. The van der Waals surface area contributed by atoms with Gasteiger partial charge in [-0.15, -0.1) is 0 Å². The average molecular weight is 218 g/mol. The molecule has 1 heterocycles. The standard InChI is InChI=1S/C14H22N2/c1-10-6-5-7-11-12(10)9-16(13(11)8-15)14(2,3)4/h5-7,13H,8-9,15H2,1-4H3. The van der Waals surface area contributed by atoms with E-state index in [1.165, 1.54) is 16.7 Å². The molecule has 0 aromatic heterocycles. The Morgan fingerprint density at radius 3 is 2.62 bits per heavy atom. The maximum absolute atomic E-state index is 5.94. The van der Waals surface area contributed by atoms with Crippen LogP contribution in [0.1, 0.15) is 43.5 Å². The Hall–Kier alpha value is -0.860. The predicted octanol–water partition coefficient (Wildman–Crippen LogP) is 2.61. The fourth-order valence-corrected chi connectivity index (χ4v) is 2.66. The molecule has 2 N–H and O–H groups in total. The molecule has 0 saturated carbocycles. The average Bonchev–Trinajstić information content (AvgIpc) is 2.57. The third kappa shape index (κ3) is 1.76. The summed E-state index contributed by atoms with van der Waals surface area (Å²) in [6, 6.07) is 6.95. The van der Waals surface area contributed by atoms with Gasteiger partial charge in [-0.25, -0.2) is 0 Å². The molecule has 2 nitrogen and oxygen atoms in total. The number of nitrogens with two attached hydrogens (primary N) is 1. The molecule has 0 amide bonds. The molecule has 2 heteroatoms. The summed E-state index contributed by atoms with van der Waals surface area (Å²) in [6.07, 6.45) is 0. The van der Waals surface area contributed by atoms with Gasteiger partial charge in [-0.1, -0.05) is 18.2 Å². The molecule has 2 rings (SSSR count). The fraction of sp³-hybridized carbons (Fsp3) is 0.571. The van der Waals surface area contributed by atoms with Crippen molar-refractivity contribution in [3.05, 3.63) is 34.9 Å². The number of benzene rings is 1. The lowest BCUT2D eigenvalue weighted by Crippen LogP contribution is -2.42. The van der Waals surface area contributed by atoms with E-state index in [2.05, 4.69) is 50.8 Å². The summed E-state index contributed by atoms with van der Waals surface area (Å²) in [7, 11) is 0. The van der Waals surface area contributed by atoms with Crippen molar-refractivity contribution in [3.63, 3.8) is 0 Å². The summed E-state index contributed by atoms with van der Waals surface area (Å²) in [4.78, 5) is 2.50. The highest BCUT2D eigenvalue weighted by molar-refractivity contribution is 5.40. The van der Waals surface area contributed by atoms with Gasteiger partial charge in [0.05, 0.1) is 0 Å². The van der Waals surface area contributed by atoms with Gasteiger partial charge in [-0.2, -0.15) is 0 Å². The van der Waals surface area contributed by atoms with Crippen LogP contribution in [0.4, 0.5) is 0 Å². The molecule has 0 bridgehead atoms. The second kappa shape index (κ2) is 3.86. The molecule has 0 fully saturated rings. The van der Waals surface area contributed by atoms with Crippen molar-refractivity contribution in [2.45, 2.75) is 45.8 Å². The van der Waals surface area contributed by atoms with Crippen molar-refractivity contribution in [2.75, 3.05) is 6.54 Å². The largest absolute Gasteiger partial charge is 0.329 e. The highest BCUT2D eigenvalue weighted by atomic mass is 15.2. The zero-order chi connectivity index (χ0) is 11.9. The first kappa shape index (κ1) is 11.6. The minimum atomic E-state index is 0.176. The molecular formula is C14H22N2. The minimum Gasteiger partial charge on any atom is -0.329 e. The van der Waals surface area contributed by atoms with Crippen LogP contribution in [-0.4, -0.2) is 17.0 Å². The topological polar surface area (TPSA) is 29.3 Å². The van der Waals surface area contributed by atoms with Gasteiger partial charge < -0.3 is 5.73 Å². The third-order valence-corrected chi connectivity index (χ3v) is 3.60. The molecule has 1 unspecified atom stereocenters. The molecule has 88 valence electrons. The van der Waals surface area contributed by atoms with Crippen LogP contribution in [0.3, 0.4) is 0 Å². The van der Waals surface area contributed by atoms with E-state index in [-0.39, 0.29) is 5.54 Å². The highest BCUT2D eigenvalue weighted by Crippen LogP contribution is 2.39. The number of hydrogen-bond acceptors (Lipinski definition) is 2. The van der Waals surface area contributed by atoms with E-state index < -0.39 is 0 Å². The molecule has 1 aliphatic rings. The van der Waals surface area contributed by atoms with E-state index in [0.29, 0.717) is 12.6 Å². The van der Waals surface area contributed by atoms with E-state index in [1.807, 2.05) is 0 Å². The van der Waals surface area contributed by atoms with Crippen LogP contribution in [0.25, 0.3) is 0 Å². The van der Waals surface area contributed by atoms with Crippen LogP contribution < -0.4 is 5.73 Å². The lowest BCUT2D eigenvalue weighted by Gasteiger charge is -2.36. The fourth-order valence-electron chi connectivity index (χ4n) is 2.66. The number of hydrogen-bond donors (Lipinski definition) is 1. The summed E-state index contributed by atoms with van der Waals surface area (Å²) in [5.41, 5.74) is 10.4. The van der Waals surface area contributed by atoms with Crippen molar-refractivity contribution in [1.29, 1.82) is 0 Å². The van der Waals surface area contributed by atoms with Gasteiger partial charge in [0.15, 0.2) is 0 Å². The van der Waals surface area contributed by atoms with Gasteiger partial charge in [0.2, 0.25) is 0 Å². The van der Waals surface area contributed by atoms with Crippen molar-refractivity contribution in [2.24, 2.45) is 5.73 Å². The van der Waals surface area contributed by atoms with Crippen LogP contribution in [-0.2, 0) is 6.54 Å². The summed E-state index contributed by atoms with van der Waals surface area (Å²) in [5.74, 6) is 0. The van der Waals surface area contributed by atoms with Crippen LogP contribution in [0.2, 0.25) is 0 Å². The Morgan fingerprint density at radius 2 is 2.06 bits per heavy atom. The Labute approximate surface area is 98.4 Å². The summed E-state index contributed by atoms with van der Waals surface area (Å²) >= 11 is 0. The zero-order valence-corrected chi connectivity index (χ0v) is 10.7. The Balaban J connectivity index is 2.44. The van der Waals surface area contributed by atoms with Crippen molar-refractivity contribution in [3.8, 4) is 0 Å². The zero-order valence-electron chi connectivity index (χ0n) is 10.7. The smallest absolute Gasteiger partial charge is 0.0482 e. The van der Waals surface area contributed by atoms with Crippen molar-refractivity contribution >= 4 is 0 Å². The monoisotopic (exact) mass is 218 g/mol. The first-order chi connectivity index (χ1) is 7.45. The molecule has 0 aliphatic carbocycles. The molecular weight excluding hydrogens is 196 g/mol. The summed E-state index contributed by atoms with van der Waals surface area (Å²) < 4.78 is 0. The number of rotatable bonds is 1. The molecule has 1 aliphatic heterocycles. The van der Waals surface area contributed by atoms with Gasteiger partial charge in [0.1, 0.15) is 0 Å². The Bertz CT molecular complexity index is 390. The minimum absolute atomic E-state index is 0.176. The first-order valence-corrected chi connectivity index (χ1v) is 6.00. The number of aryl methyl sites for hydroxylation is 1. The van der Waals surface area contributed by atoms with E-state index in [9.17, 15) is 0 Å². The van der Waals surface area contributed by atoms with Gasteiger partial charge in [-0.05, 0) is 44.4 Å².